The van der Waals surface area contributed by atoms with E-state index < -0.39 is 17.2 Å². The van der Waals surface area contributed by atoms with Crippen molar-refractivity contribution in [2.24, 2.45) is 5.41 Å². The predicted molar refractivity (Wildman–Crippen MR) is 75.0 cm³/mol. The highest BCUT2D eigenvalue weighted by molar-refractivity contribution is 6.30. The van der Waals surface area contributed by atoms with Crippen LogP contribution >= 0.6 is 11.6 Å². The molecule has 0 bridgehead atoms. The molecule has 0 saturated carbocycles. The average Bonchev–Trinajstić information content (AvgIpc) is 2.39. The Morgan fingerprint density at radius 3 is 2.63 bits per heavy atom. The van der Waals surface area contributed by atoms with Gasteiger partial charge in [0.2, 0.25) is 0 Å². The van der Waals surface area contributed by atoms with Gasteiger partial charge in [-0.25, -0.2) is 4.39 Å². The number of benzene rings is 1. The molecule has 1 aromatic carbocycles. The number of carbonyl (C=O) groups is 1. The van der Waals surface area contributed by atoms with Crippen LogP contribution in [0.4, 0.5) is 4.39 Å². The van der Waals surface area contributed by atoms with Crippen LogP contribution in [0.2, 0.25) is 5.02 Å². The van der Waals surface area contributed by atoms with Crippen LogP contribution in [0.1, 0.15) is 45.1 Å². The van der Waals surface area contributed by atoms with Gasteiger partial charge in [-0.3, -0.25) is 4.79 Å². The minimum Gasteiger partial charge on any atom is -0.481 e. The van der Waals surface area contributed by atoms with Gasteiger partial charge in [0.1, 0.15) is 5.82 Å². The molecule has 1 rings (SSSR count). The molecule has 0 fully saturated rings. The molecule has 1 unspecified atom stereocenters. The average molecular weight is 287 g/mol. The van der Waals surface area contributed by atoms with E-state index in [1.165, 1.54) is 6.07 Å². The lowest BCUT2D eigenvalue weighted by Gasteiger charge is -2.28. The van der Waals surface area contributed by atoms with Gasteiger partial charge in [0.05, 0.1) is 10.4 Å². The molecule has 0 aliphatic carbocycles. The standard InChI is InChI=1S/C15H20ClFO2/c1-3-5-9-15(4-2,14(18)19)10-11-7-6-8-12(16)13(11)17/h6-8H,3-5,9-10H2,1-2H3,(H,18,19). The van der Waals surface area contributed by atoms with Crippen LogP contribution in [0.15, 0.2) is 18.2 Å². The normalized spacial score (nSPS) is 14.1. The highest BCUT2D eigenvalue weighted by atomic mass is 35.5. The molecule has 0 saturated heterocycles. The molecule has 19 heavy (non-hydrogen) atoms. The summed E-state index contributed by atoms with van der Waals surface area (Å²) in [7, 11) is 0. The third-order valence-electron chi connectivity index (χ3n) is 3.70. The van der Waals surface area contributed by atoms with Crippen molar-refractivity contribution in [1.82, 2.24) is 0 Å². The van der Waals surface area contributed by atoms with E-state index in [9.17, 15) is 14.3 Å². The summed E-state index contributed by atoms with van der Waals surface area (Å²) >= 11 is 5.75. The van der Waals surface area contributed by atoms with Crippen molar-refractivity contribution in [3.05, 3.63) is 34.6 Å². The second kappa shape index (κ2) is 6.90. The molecule has 2 nitrogen and oxygen atoms in total. The lowest BCUT2D eigenvalue weighted by atomic mass is 9.75. The van der Waals surface area contributed by atoms with Crippen molar-refractivity contribution in [3.63, 3.8) is 0 Å². The van der Waals surface area contributed by atoms with Gasteiger partial charge in [0, 0.05) is 0 Å². The van der Waals surface area contributed by atoms with Crippen molar-refractivity contribution in [2.45, 2.75) is 46.0 Å². The number of aliphatic carboxylic acids is 1. The summed E-state index contributed by atoms with van der Waals surface area (Å²) in [6.07, 6.45) is 2.97. The molecule has 0 heterocycles. The molecule has 0 radical (unpaired) electrons. The van der Waals surface area contributed by atoms with Gasteiger partial charge in [-0.15, -0.1) is 0 Å². The van der Waals surface area contributed by atoms with E-state index in [1.54, 1.807) is 12.1 Å². The van der Waals surface area contributed by atoms with Gasteiger partial charge in [-0.2, -0.15) is 0 Å². The number of hydrogen-bond donors (Lipinski definition) is 1. The van der Waals surface area contributed by atoms with E-state index >= 15 is 0 Å². The van der Waals surface area contributed by atoms with Crippen LogP contribution in [-0.4, -0.2) is 11.1 Å². The molecule has 0 aromatic heterocycles. The fourth-order valence-electron chi connectivity index (χ4n) is 2.29. The van der Waals surface area contributed by atoms with E-state index in [2.05, 4.69) is 0 Å². The van der Waals surface area contributed by atoms with E-state index in [0.717, 1.165) is 12.8 Å². The van der Waals surface area contributed by atoms with Crippen molar-refractivity contribution >= 4 is 17.6 Å². The fraction of sp³-hybridized carbons (Fsp3) is 0.533. The van der Waals surface area contributed by atoms with Crippen molar-refractivity contribution in [1.29, 1.82) is 0 Å². The predicted octanol–water partition coefficient (Wildman–Crippen LogP) is 4.69. The minimum atomic E-state index is -0.901. The van der Waals surface area contributed by atoms with Gasteiger partial charge in [0.25, 0.3) is 0 Å². The van der Waals surface area contributed by atoms with Gasteiger partial charge in [-0.1, -0.05) is 50.4 Å². The lowest BCUT2D eigenvalue weighted by molar-refractivity contribution is -0.149. The Kier molecular flexibility index (Phi) is 5.80. The number of halogens is 2. The molecular weight excluding hydrogens is 267 g/mol. The number of carboxylic acids is 1. The Labute approximate surface area is 118 Å². The van der Waals surface area contributed by atoms with E-state index in [-0.39, 0.29) is 11.4 Å². The first-order valence-electron chi connectivity index (χ1n) is 6.63. The van der Waals surface area contributed by atoms with Crippen LogP contribution in [-0.2, 0) is 11.2 Å². The van der Waals surface area contributed by atoms with Crippen molar-refractivity contribution in [2.75, 3.05) is 0 Å². The summed E-state index contributed by atoms with van der Waals surface area (Å²) in [5.74, 6) is -1.36. The molecule has 0 aliphatic rings. The summed E-state index contributed by atoms with van der Waals surface area (Å²) in [6.45, 7) is 3.86. The van der Waals surface area contributed by atoms with E-state index in [1.807, 2.05) is 13.8 Å². The fourth-order valence-corrected chi connectivity index (χ4v) is 2.48. The molecule has 0 aliphatic heterocycles. The Bertz CT molecular complexity index is 448. The topological polar surface area (TPSA) is 37.3 Å². The summed E-state index contributed by atoms with van der Waals surface area (Å²) < 4.78 is 13.9. The van der Waals surface area contributed by atoms with Crippen LogP contribution in [0, 0.1) is 11.2 Å². The van der Waals surface area contributed by atoms with Crippen LogP contribution in [0.25, 0.3) is 0 Å². The SMILES string of the molecule is CCCCC(CC)(Cc1cccc(Cl)c1F)C(=O)O. The Morgan fingerprint density at radius 2 is 2.11 bits per heavy atom. The van der Waals surface area contributed by atoms with Gasteiger partial charge in [0.15, 0.2) is 0 Å². The molecule has 1 atom stereocenters. The monoisotopic (exact) mass is 286 g/mol. The molecule has 106 valence electrons. The minimum absolute atomic E-state index is 0.0448. The Hall–Kier alpha value is -1.09. The maximum atomic E-state index is 13.9. The van der Waals surface area contributed by atoms with Crippen LogP contribution < -0.4 is 0 Å². The zero-order valence-electron chi connectivity index (χ0n) is 11.4. The first-order valence-corrected chi connectivity index (χ1v) is 7.01. The number of carboxylic acid groups (broad SMARTS) is 1. The second-order valence-corrected chi connectivity index (χ2v) is 5.34. The zero-order chi connectivity index (χ0) is 14.5. The summed E-state index contributed by atoms with van der Waals surface area (Å²) in [5.41, 5.74) is -0.519. The third kappa shape index (κ3) is 3.69. The van der Waals surface area contributed by atoms with Gasteiger partial charge >= 0.3 is 5.97 Å². The number of hydrogen-bond acceptors (Lipinski definition) is 1. The van der Waals surface area contributed by atoms with Gasteiger partial charge < -0.3 is 5.11 Å². The molecule has 1 N–H and O–H groups in total. The maximum absolute atomic E-state index is 13.9. The van der Waals surface area contributed by atoms with Crippen LogP contribution in [0.3, 0.4) is 0 Å². The highest BCUT2D eigenvalue weighted by Crippen LogP contribution is 2.35. The summed E-state index contributed by atoms with van der Waals surface area (Å²) in [6, 6.07) is 4.74. The summed E-state index contributed by atoms with van der Waals surface area (Å²) in [5, 5.41) is 9.56. The molecule has 4 heteroatoms. The van der Waals surface area contributed by atoms with Crippen molar-refractivity contribution < 1.29 is 14.3 Å². The Morgan fingerprint density at radius 1 is 1.42 bits per heavy atom. The number of unbranched alkanes of at least 4 members (excludes halogenated alkanes) is 1. The second-order valence-electron chi connectivity index (χ2n) is 4.93. The van der Waals surface area contributed by atoms with Crippen molar-refractivity contribution in [3.8, 4) is 0 Å². The van der Waals surface area contributed by atoms with E-state index in [4.69, 9.17) is 11.6 Å². The molecule has 1 aromatic rings. The maximum Gasteiger partial charge on any atom is 0.309 e. The highest BCUT2D eigenvalue weighted by Gasteiger charge is 2.37. The summed E-state index contributed by atoms with van der Waals surface area (Å²) in [4.78, 5) is 11.6. The largest absolute Gasteiger partial charge is 0.481 e. The quantitative estimate of drug-likeness (QED) is 0.789. The third-order valence-corrected chi connectivity index (χ3v) is 3.99. The van der Waals surface area contributed by atoms with E-state index in [0.29, 0.717) is 18.4 Å². The molecular formula is C15H20ClFO2. The smallest absolute Gasteiger partial charge is 0.309 e. The zero-order valence-corrected chi connectivity index (χ0v) is 12.1. The van der Waals surface area contributed by atoms with Crippen LogP contribution in [0.5, 0.6) is 0 Å². The van der Waals surface area contributed by atoms with Gasteiger partial charge in [-0.05, 0) is 30.9 Å². The first-order chi connectivity index (χ1) is 8.96. The molecule has 0 spiro atoms. The first kappa shape index (κ1) is 16.0. The molecule has 0 amide bonds. The Balaban J connectivity index is 3.06. The lowest BCUT2D eigenvalue weighted by Crippen LogP contribution is -2.33. The number of rotatable bonds is 7.